The molecule has 0 radical (unpaired) electrons. The minimum absolute atomic E-state index is 0.0976. The van der Waals surface area contributed by atoms with Crippen LogP contribution in [0.5, 0.6) is 0 Å². The van der Waals surface area contributed by atoms with Crippen LogP contribution in [-0.4, -0.2) is 29.6 Å². The van der Waals surface area contributed by atoms with Crippen LogP contribution < -0.4 is 5.32 Å². The van der Waals surface area contributed by atoms with E-state index < -0.39 is 0 Å². The van der Waals surface area contributed by atoms with Gasteiger partial charge in [-0.25, -0.2) is 4.98 Å². The summed E-state index contributed by atoms with van der Waals surface area (Å²) < 4.78 is 11.1. The normalized spacial score (nSPS) is 35.5. The highest BCUT2D eigenvalue weighted by molar-refractivity contribution is 5.93. The predicted molar refractivity (Wildman–Crippen MR) is 75.8 cm³/mol. The van der Waals surface area contributed by atoms with E-state index in [0.717, 1.165) is 13.0 Å². The quantitative estimate of drug-likeness (QED) is 0.927. The van der Waals surface area contributed by atoms with Crippen molar-refractivity contribution in [2.45, 2.75) is 51.2 Å². The van der Waals surface area contributed by atoms with Crippen molar-refractivity contribution in [2.24, 2.45) is 17.8 Å². The second-order valence-corrected chi connectivity index (χ2v) is 6.67. The predicted octanol–water partition coefficient (Wildman–Crippen LogP) is 2.31. The molecule has 114 valence electrons. The highest BCUT2D eigenvalue weighted by Gasteiger charge is 2.57. The minimum atomic E-state index is -0.0976. The molecule has 1 amide bonds. The molecule has 2 heterocycles. The lowest BCUT2D eigenvalue weighted by Crippen LogP contribution is -2.63. The van der Waals surface area contributed by atoms with E-state index in [0.29, 0.717) is 35.3 Å². The molecule has 1 saturated heterocycles. The Morgan fingerprint density at radius 1 is 1.33 bits per heavy atom. The average molecular weight is 290 g/mol. The van der Waals surface area contributed by atoms with Crippen LogP contribution >= 0.6 is 0 Å². The number of nitrogens with one attached hydrogen (secondary N) is 1. The summed E-state index contributed by atoms with van der Waals surface area (Å²) in [4.78, 5) is 16.4. The Bertz CT molecular complexity index is 531. The Hall–Kier alpha value is -1.36. The van der Waals surface area contributed by atoms with Crippen LogP contribution in [0.15, 0.2) is 10.8 Å². The molecule has 1 aliphatic heterocycles. The van der Waals surface area contributed by atoms with Crippen molar-refractivity contribution < 1.29 is 13.9 Å². The average Bonchev–Trinajstić information content (AvgIpc) is 3.17. The number of rotatable bonds is 3. The van der Waals surface area contributed by atoms with Crippen LogP contribution in [0.3, 0.4) is 0 Å². The summed E-state index contributed by atoms with van der Waals surface area (Å²) >= 11 is 0. The Morgan fingerprint density at radius 3 is 2.86 bits per heavy atom. The van der Waals surface area contributed by atoms with Gasteiger partial charge in [0.15, 0.2) is 12.1 Å². The number of nitrogens with zero attached hydrogens (tertiary/aromatic N) is 1. The van der Waals surface area contributed by atoms with Gasteiger partial charge in [-0.15, -0.1) is 0 Å². The molecule has 4 unspecified atom stereocenters. The lowest BCUT2D eigenvalue weighted by atomic mass is 9.61. The number of aromatic nitrogens is 1. The van der Waals surface area contributed by atoms with Crippen LogP contribution in [0.25, 0.3) is 0 Å². The number of carbonyl (C=O) groups excluding carboxylic acids is 1. The molecule has 3 fully saturated rings. The standard InChI is InChI=1S/C16H22N2O3/c1-9-13(17-8-21-9)16(19)18-14-11-6-7-20-15(11)12(14)10-4-2-3-5-10/h8,10-12,14-15H,2-7H2,1H3,(H,18,19). The van der Waals surface area contributed by atoms with Crippen molar-refractivity contribution in [3.8, 4) is 0 Å². The first-order valence-corrected chi connectivity index (χ1v) is 8.08. The van der Waals surface area contributed by atoms with Gasteiger partial charge in [0, 0.05) is 24.5 Å². The number of carbonyl (C=O) groups is 1. The lowest BCUT2D eigenvalue weighted by Gasteiger charge is -2.50. The van der Waals surface area contributed by atoms with E-state index in [1.807, 2.05) is 0 Å². The topological polar surface area (TPSA) is 64.4 Å². The van der Waals surface area contributed by atoms with Crippen molar-refractivity contribution >= 4 is 5.91 Å². The number of fused-ring (bicyclic) bond motifs is 1. The van der Waals surface area contributed by atoms with Gasteiger partial charge in [0.1, 0.15) is 5.76 Å². The van der Waals surface area contributed by atoms with Gasteiger partial charge in [-0.05, 0) is 19.3 Å². The molecule has 1 aromatic heterocycles. The zero-order chi connectivity index (χ0) is 14.4. The molecule has 5 nitrogen and oxygen atoms in total. The second-order valence-electron chi connectivity index (χ2n) is 6.67. The maximum atomic E-state index is 12.4. The highest BCUT2D eigenvalue weighted by atomic mass is 16.5. The van der Waals surface area contributed by atoms with Gasteiger partial charge in [0.05, 0.1) is 6.10 Å². The number of hydrogen-bond acceptors (Lipinski definition) is 4. The molecule has 4 atom stereocenters. The molecule has 3 aliphatic rings. The molecule has 0 aromatic carbocycles. The van der Waals surface area contributed by atoms with Gasteiger partial charge in [-0.3, -0.25) is 4.79 Å². The number of ether oxygens (including phenoxy) is 1. The number of hydrogen-bond donors (Lipinski definition) is 1. The summed E-state index contributed by atoms with van der Waals surface area (Å²) in [7, 11) is 0. The molecule has 2 saturated carbocycles. The summed E-state index contributed by atoms with van der Waals surface area (Å²) in [6, 6.07) is 0.254. The maximum Gasteiger partial charge on any atom is 0.273 e. The third-order valence-corrected chi connectivity index (χ3v) is 5.64. The van der Waals surface area contributed by atoms with Crippen LogP contribution in [-0.2, 0) is 4.74 Å². The lowest BCUT2D eigenvalue weighted by molar-refractivity contribution is -0.0784. The summed E-state index contributed by atoms with van der Waals surface area (Å²) in [6.07, 6.45) is 7.98. The first-order chi connectivity index (χ1) is 10.3. The summed E-state index contributed by atoms with van der Waals surface area (Å²) in [5.41, 5.74) is 0.419. The SMILES string of the molecule is Cc1ocnc1C(=O)NC1C2CCOC2C1C1CCCC1. The maximum absolute atomic E-state index is 12.4. The van der Waals surface area contributed by atoms with Crippen LogP contribution in [0, 0.1) is 24.7 Å². The molecule has 5 heteroatoms. The van der Waals surface area contributed by atoms with Gasteiger partial charge in [-0.2, -0.15) is 0 Å². The fourth-order valence-corrected chi connectivity index (χ4v) is 4.60. The van der Waals surface area contributed by atoms with E-state index in [4.69, 9.17) is 9.15 Å². The molecular formula is C16H22N2O3. The molecule has 21 heavy (non-hydrogen) atoms. The Balaban J connectivity index is 1.50. The Morgan fingerprint density at radius 2 is 2.14 bits per heavy atom. The fourth-order valence-electron chi connectivity index (χ4n) is 4.60. The molecule has 1 N–H and O–H groups in total. The third kappa shape index (κ3) is 2.09. The van der Waals surface area contributed by atoms with E-state index in [-0.39, 0.29) is 11.9 Å². The smallest absolute Gasteiger partial charge is 0.273 e. The number of amides is 1. The van der Waals surface area contributed by atoms with Gasteiger partial charge in [0.2, 0.25) is 0 Å². The number of oxazole rings is 1. The van der Waals surface area contributed by atoms with Crippen molar-refractivity contribution in [2.75, 3.05) is 6.61 Å². The molecular weight excluding hydrogens is 268 g/mol. The Kier molecular flexibility index (Phi) is 3.25. The van der Waals surface area contributed by atoms with Gasteiger partial charge < -0.3 is 14.5 Å². The first kappa shape index (κ1) is 13.3. The summed E-state index contributed by atoms with van der Waals surface area (Å²) in [5.74, 6) is 2.19. The van der Waals surface area contributed by atoms with Crippen molar-refractivity contribution in [3.05, 3.63) is 17.8 Å². The number of aryl methyl sites for hydroxylation is 1. The zero-order valence-corrected chi connectivity index (χ0v) is 12.4. The highest BCUT2D eigenvalue weighted by Crippen LogP contribution is 2.51. The van der Waals surface area contributed by atoms with E-state index in [2.05, 4.69) is 10.3 Å². The summed E-state index contributed by atoms with van der Waals surface area (Å²) in [6.45, 7) is 2.62. The van der Waals surface area contributed by atoms with Crippen LogP contribution in [0.4, 0.5) is 0 Å². The largest absolute Gasteiger partial charge is 0.448 e. The second kappa shape index (κ2) is 5.13. The van der Waals surface area contributed by atoms with Crippen molar-refractivity contribution in [1.29, 1.82) is 0 Å². The van der Waals surface area contributed by atoms with Gasteiger partial charge in [-0.1, -0.05) is 25.7 Å². The van der Waals surface area contributed by atoms with Crippen molar-refractivity contribution in [1.82, 2.24) is 10.3 Å². The van der Waals surface area contributed by atoms with E-state index in [9.17, 15) is 4.79 Å². The zero-order valence-electron chi connectivity index (χ0n) is 12.4. The molecule has 4 rings (SSSR count). The summed E-state index contributed by atoms with van der Waals surface area (Å²) in [5, 5.41) is 3.22. The van der Waals surface area contributed by atoms with Crippen molar-refractivity contribution in [3.63, 3.8) is 0 Å². The van der Waals surface area contributed by atoms with Crippen LogP contribution in [0.2, 0.25) is 0 Å². The fraction of sp³-hybridized carbons (Fsp3) is 0.750. The van der Waals surface area contributed by atoms with E-state index in [1.54, 1.807) is 6.92 Å². The molecule has 0 spiro atoms. The van der Waals surface area contributed by atoms with Gasteiger partial charge in [0.25, 0.3) is 5.91 Å². The molecule has 1 aromatic rings. The molecule has 0 bridgehead atoms. The first-order valence-electron chi connectivity index (χ1n) is 8.08. The molecule has 2 aliphatic carbocycles. The van der Waals surface area contributed by atoms with Gasteiger partial charge >= 0.3 is 0 Å². The minimum Gasteiger partial charge on any atom is -0.448 e. The van der Waals surface area contributed by atoms with E-state index in [1.165, 1.54) is 32.1 Å². The van der Waals surface area contributed by atoms with E-state index >= 15 is 0 Å². The third-order valence-electron chi connectivity index (χ3n) is 5.64. The Labute approximate surface area is 124 Å². The monoisotopic (exact) mass is 290 g/mol. The van der Waals surface area contributed by atoms with Crippen LogP contribution in [0.1, 0.15) is 48.4 Å².